The van der Waals surface area contributed by atoms with Gasteiger partial charge < -0.3 is 10.6 Å². The van der Waals surface area contributed by atoms with E-state index in [0.29, 0.717) is 11.3 Å². The number of carbonyl (C=O) groups is 1. The fourth-order valence-corrected chi connectivity index (χ4v) is 4.27. The highest BCUT2D eigenvalue weighted by Gasteiger charge is 2.22. The second kappa shape index (κ2) is 9.41. The van der Waals surface area contributed by atoms with E-state index in [0.717, 1.165) is 31.5 Å². The van der Waals surface area contributed by atoms with Crippen molar-refractivity contribution in [3.8, 4) is 0 Å². The summed E-state index contributed by atoms with van der Waals surface area (Å²) >= 11 is 0. The Labute approximate surface area is 172 Å². The summed E-state index contributed by atoms with van der Waals surface area (Å²) < 4.78 is 26.8. The average molecular weight is 424 g/mol. The Kier molecular flexibility index (Phi) is 7.46. The molecule has 0 unspecified atom stereocenters. The van der Waals surface area contributed by atoms with Crippen molar-refractivity contribution in [3.05, 3.63) is 59.7 Å². The number of piperidine rings is 1. The zero-order valence-corrected chi connectivity index (χ0v) is 17.6. The minimum Gasteiger partial charge on any atom is -0.348 e. The first-order chi connectivity index (χ1) is 12.9. The number of sulfonamides is 1. The van der Waals surface area contributed by atoms with Crippen LogP contribution in [0.4, 0.5) is 5.69 Å². The predicted molar refractivity (Wildman–Crippen MR) is 114 cm³/mol. The van der Waals surface area contributed by atoms with Crippen LogP contribution < -0.4 is 14.9 Å². The van der Waals surface area contributed by atoms with Gasteiger partial charge >= 0.3 is 0 Å². The molecule has 0 aliphatic carbocycles. The van der Waals surface area contributed by atoms with Gasteiger partial charge in [0.05, 0.1) is 10.6 Å². The molecule has 1 heterocycles. The van der Waals surface area contributed by atoms with Crippen molar-refractivity contribution in [1.29, 1.82) is 0 Å². The number of hydrogen-bond acceptors (Lipinski definition) is 4. The number of anilines is 1. The lowest BCUT2D eigenvalue weighted by atomic mass is 10.1. The van der Waals surface area contributed by atoms with Crippen LogP contribution in [0, 0.1) is 6.92 Å². The summed E-state index contributed by atoms with van der Waals surface area (Å²) in [5.74, 6) is -0.140. The molecule has 0 aromatic heterocycles. The van der Waals surface area contributed by atoms with Crippen LogP contribution in [0.1, 0.15) is 28.8 Å². The lowest BCUT2D eigenvalue weighted by Crippen LogP contribution is -2.45. The monoisotopic (exact) mass is 423 g/mol. The molecule has 2 aromatic rings. The third-order valence-electron chi connectivity index (χ3n) is 4.80. The molecule has 0 saturated carbocycles. The maximum Gasteiger partial charge on any atom is 0.264 e. The number of aryl methyl sites for hydroxylation is 1. The van der Waals surface area contributed by atoms with E-state index in [2.05, 4.69) is 10.6 Å². The Bertz CT molecular complexity index is 893. The van der Waals surface area contributed by atoms with Crippen molar-refractivity contribution in [2.75, 3.05) is 24.4 Å². The number of carbonyl (C=O) groups excluding carboxylic acids is 1. The molecular weight excluding hydrogens is 398 g/mol. The predicted octanol–water partition coefficient (Wildman–Crippen LogP) is 2.72. The van der Waals surface area contributed by atoms with Crippen molar-refractivity contribution in [2.24, 2.45) is 0 Å². The Morgan fingerprint density at radius 2 is 1.75 bits per heavy atom. The molecule has 1 amide bonds. The van der Waals surface area contributed by atoms with Crippen molar-refractivity contribution in [2.45, 2.75) is 30.7 Å². The number of nitrogens with one attached hydrogen (secondary N) is 2. The highest BCUT2D eigenvalue weighted by atomic mass is 35.5. The first kappa shape index (κ1) is 22.2. The van der Waals surface area contributed by atoms with E-state index < -0.39 is 10.0 Å². The second-order valence-corrected chi connectivity index (χ2v) is 8.82. The van der Waals surface area contributed by atoms with Crippen molar-refractivity contribution < 1.29 is 13.2 Å². The Morgan fingerprint density at radius 3 is 2.32 bits per heavy atom. The van der Waals surface area contributed by atoms with E-state index in [-0.39, 0.29) is 29.3 Å². The molecule has 8 heteroatoms. The summed E-state index contributed by atoms with van der Waals surface area (Å²) in [6, 6.07) is 13.5. The molecule has 1 fully saturated rings. The fraction of sp³-hybridized carbons (Fsp3) is 0.350. The van der Waals surface area contributed by atoms with E-state index in [1.807, 2.05) is 6.92 Å². The van der Waals surface area contributed by atoms with Gasteiger partial charge in [-0.1, -0.05) is 17.7 Å². The van der Waals surface area contributed by atoms with Gasteiger partial charge in [-0.25, -0.2) is 8.42 Å². The summed E-state index contributed by atoms with van der Waals surface area (Å²) in [6.45, 7) is 3.68. The van der Waals surface area contributed by atoms with Gasteiger partial charge in [-0.05, 0) is 62.7 Å². The standard InChI is InChI=1S/C20H25N3O3S.ClH/c1-15-5-11-19(12-6-15)27(25,26)23(2)18-9-7-16(8-10-18)20(24)22-17-4-3-13-21-14-17;/h5-12,17,21H,3-4,13-14H2,1-2H3,(H,22,24);1H/t17-;/m0./s1. The molecule has 1 saturated heterocycles. The van der Waals surface area contributed by atoms with Crippen LogP contribution in [-0.4, -0.2) is 40.5 Å². The Balaban J connectivity index is 0.00000280. The molecule has 6 nitrogen and oxygen atoms in total. The van der Waals surface area contributed by atoms with Crippen LogP contribution in [0.2, 0.25) is 0 Å². The number of amides is 1. The molecule has 0 radical (unpaired) electrons. The number of nitrogens with zero attached hydrogens (tertiary/aromatic N) is 1. The van der Waals surface area contributed by atoms with Gasteiger partial charge in [0, 0.05) is 25.2 Å². The summed E-state index contributed by atoms with van der Waals surface area (Å²) in [5, 5.41) is 6.28. The van der Waals surface area contributed by atoms with Crippen molar-refractivity contribution in [1.82, 2.24) is 10.6 Å². The lowest BCUT2D eigenvalue weighted by Gasteiger charge is -2.24. The quantitative estimate of drug-likeness (QED) is 0.775. The summed E-state index contributed by atoms with van der Waals surface area (Å²) in [7, 11) is -2.13. The summed E-state index contributed by atoms with van der Waals surface area (Å²) in [4.78, 5) is 12.6. The number of rotatable bonds is 5. The van der Waals surface area contributed by atoms with Gasteiger partial charge in [0.1, 0.15) is 0 Å². The van der Waals surface area contributed by atoms with Crippen LogP contribution >= 0.6 is 12.4 Å². The molecule has 0 spiro atoms. The van der Waals surface area contributed by atoms with E-state index in [1.54, 1.807) is 48.5 Å². The van der Waals surface area contributed by atoms with Crippen LogP contribution in [0.25, 0.3) is 0 Å². The van der Waals surface area contributed by atoms with Crippen molar-refractivity contribution >= 4 is 34.0 Å². The maximum absolute atomic E-state index is 12.8. The zero-order chi connectivity index (χ0) is 19.4. The molecule has 1 aliphatic rings. The van der Waals surface area contributed by atoms with Crippen LogP contribution in [0.15, 0.2) is 53.4 Å². The first-order valence-electron chi connectivity index (χ1n) is 9.05. The Hall–Kier alpha value is -2.09. The van der Waals surface area contributed by atoms with Crippen LogP contribution in [0.3, 0.4) is 0 Å². The smallest absolute Gasteiger partial charge is 0.264 e. The third kappa shape index (κ3) is 5.04. The molecule has 152 valence electrons. The fourth-order valence-electron chi connectivity index (χ4n) is 3.07. The largest absolute Gasteiger partial charge is 0.348 e. The lowest BCUT2D eigenvalue weighted by molar-refractivity contribution is 0.0930. The van der Waals surface area contributed by atoms with Gasteiger partial charge in [-0.2, -0.15) is 0 Å². The second-order valence-electron chi connectivity index (χ2n) is 6.85. The Morgan fingerprint density at radius 1 is 1.11 bits per heavy atom. The topological polar surface area (TPSA) is 78.5 Å². The van der Waals surface area contributed by atoms with Gasteiger partial charge in [0.25, 0.3) is 15.9 Å². The number of halogens is 1. The minimum absolute atomic E-state index is 0. The van der Waals surface area contributed by atoms with E-state index in [1.165, 1.54) is 11.4 Å². The van der Waals surface area contributed by atoms with Gasteiger partial charge in [-0.3, -0.25) is 9.10 Å². The minimum atomic E-state index is -3.64. The normalized spacial score (nSPS) is 16.7. The summed E-state index contributed by atoms with van der Waals surface area (Å²) in [5.41, 5.74) is 2.03. The SMILES string of the molecule is Cc1ccc(S(=O)(=O)N(C)c2ccc(C(=O)N[C@H]3CCCNC3)cc2)cc1.Cl. The van der Waals surface area contributed by atoms with Gasteiger partial charge in [0.15, 0.2) is 0 Å². The number of hydrogen-bond donors (Lipinski definition) is 2. The molecule has 3 rings (SSSR count). The third-order valence-corrected chi connectivity index (χ3v) is 6.60. The zero-order valence-electron chi connectivity index (χ0n) is 16.0. The molecule has 1 atom stereocenters. The van der Waals surface area contributed by atoms with Crippen LogP contribution in [-0.2, 0) is 10.0 Å². The van der Waals surface area contributed by atoms with Crippen LogP contribution in [0.5, 0.6) is 0 Å². The molecule has 2 aromatic carbocycles. The molecule has 2 N–H and O–H groups in total. The maximum atomic E-state index is 12.8. The van der Waals surface area contributed by atoms with E-state index in [4.69, 9.17) is 0 Å². The molecular formula is C20H26ClN3O3S. The van der Waals surface area contributed by atoms with E-state index in [9.17, 15) is 13.2 Å². The number of benzene rings is 2. The van der Waals surface area contributed by atoms with Crippen molar-refractivity contribution in [3.63, 3.8) is 0 Å². The van der Waals surface area contributed by atoms with Gasteiger partial charge in [0.2, 0.25) is 0 Å². The highest BCUT2D eigenvalue weighted by Crippen LogP contribution is 2.22. The first-order valence-corrected chi connectivity index (χ1v) is 10.5. The molecule has 1 aliphatic heterocycles. The van der Waals surface area contributed by atoms with Gasteiger partial charge in [-0.15, -0.1) is 12.4 Å². The highest BCUT2D eigenvalue weighted by molar-refractivity contribution is 7.92. The molecule has 28 heavy (non-hydrogen) atoms. The van der Waals surface area contributed by atoms with E-state index >= 15 is 0 Å². The average Bonchev–Trinajstić information content (AvgIpc) is 2.68. The summed E-state index contributed by atoms with van der Waals surface area (Å²) in [6.07, 6.45) is 2.01. The molecule has 0 bridgehead atoms.